The predicted molar refractivity (Wildman–Crippen MR) is 62.1 cm³/mol. The van der Waals surface area contributed by atoms with E-state index >= 15 is 0 Å². The minimum absolute atomic E-state index is 0.105. The molecule has 0 aliphatic carbocycles. The maximum atomic E-state index is 11.7. The van der Waals surface area contributed by atoms with E-state index < -0.39 is 0 Å². The molecule has 0 spiro atoms. The molecule has 2 rings (SSSR count). The summed E-state index contributed by atoms with van der Waals surface area (Å²) in [5, 5.41) is 5.19. The van der Waals surface area contributed by atoms with Crippen LogP contribution in [0.15, 0.2) is 17.5 Å². The van der Waals surface area contributed by atoms with Gasteiger partial charge in [-0.1, -0.05) is 6.07 Å². The van der Waals surface area contributed by atoms with E-state index in [1.165, 1.54) is 16.8 Å². The molecule has 1 unspecified atom stereocenters. The Bertz CT molecular complexity index is 402. The molecule has 1 aromatic heterocycles. The third-order valence-corrected chi connectivity index (χ3v) is 3.86. The number of likely N-dealkylation sites (tertiary alicyclic amines) is 1. The zero-order valence-corrected chi connectivity index (χ0v) is 10.1. The first-order valence-corrected chi connectivity index (χ1v) is 6.07. The number of imide groups is 1. The largest absolute Gasteiger partial charge is 0.298 e. The summed E-state index contributed by atoms with van der Waals surface area (Å²) < 4.78 is 0. The van der Waals surface area contributed by atoms with Crippen LogP contribution in [0.1, 0.15) is 24.3 Å². The predicted octanol–water partition coefficient (Wildman–Crippen LogP) is 1.16. The van der Waals surface area contributed by atoms with Crippen molar-refractivity contribution in [3.05, 3.63) is 22.4 Å². The van der Waals surface area contributed by atoms with Gasteiger partial charge in [0.25, 0.3) is 0 Å². The molecule has 0 bridgehead atoms. The summed E-state index contributed by atoms with van der Waals surface area (Å²) in [6.45, 7) is 2.00. The fourth-order valence-corrected chi connectivity index (χ4v) is 2.55. The fraction of sp³-hybridized carbons (Fsp3) is 0.455. The van der Waals surface area contributed by atoms with Crippen LogP contribution in [0.25, 0.3) is 0 Å². The molecule has 0 saturated carbocycles. The second kappa shape index (κ2) is 4.35. The van der Waals surface area contributed by atoms with Crippen molar-refractivity contribution in [3.63, 3.8) is 0 Å². The Hall–Kier alpha value is -1.20. The molecule has 1 saturated heterocycles. The Labute approximate surface area is 98.3 Å². The van der Waals surface area contributed by atoms with Gasteiger partial charge in [-0.25, -0.2) is 0 Å². The molecule has 1 aliphatic rings. The number of rotatable bonds is 3. The van der Waals surface area contributed by atoms with E-state index in [0.29, 0.717) is 0 Å². The molecule has 1 aliphatic heterocycles. The van der Waals surface area contributed by atoms with Crippen molar-refractivity contribution in [1.82, 2.24) is 10.2 Å². The van der Waals surface area contributed by atoms with E-state index in [-0.39, 0.29) is 30.3 Å². The quantitative estimate of drug-likeness (QED) is 0.804. The number of thiophene rings is 1. The van der Waals surface area contributed by atoms with Gasteiger partial charge in [-0.05, 0) is 18.4 Å². The monoisotopic (exact) mass is 238 g/mol. The van der Waals surface area contributed by atoms with Crippen LogP contribution in [0, 0.1) is 0 Å². The van der Waals surface area contributed by atoms with Crippen LogP contribution < -0.4 is 5.32 Å². The smallest absolute Gasteiger partial charge is 0.246 e. The molecule has 0 aromatic carbocycles. The zero-order chi connectivity index (χ0) is 11.7. The normalized spacial score (nSPS) is 22.9. The Morgan fingerprint density at radius 3 is 2.81 bits per heavy atom. The van der Waals surface area contributed by atoms with Gasteiger partial charge in [0.15, 0.2) is 0 Å². The minimum atomic E-state index is -0.366. The highest BCUT2D eigenvalue weighted by Gasteiger charge is 2.36. The van der Waals surface area contributed by atoms with Crippen LogP contribution in [-0.2, 0) is 9.59 Å². The Morgan fingerprint density at radius 2 is 2.31 bits per heavy atom. The molecule has 0 radical (unpaired) electrons. The van der Waals surface area contributed by atoms with E-state index in [9.17, 15) is 9.59 Å². The fourth-order valence-electron chi connectivity index (χ4n) is 1.81. The van der Waals surface area contributed by atoms with Gasteiger partial charge in [0.1, 0.15) is 0 Å². The SMILES string of the molecule is C[C@H](NC1CC(=O)N(C)C1=O)c1cccs1. The van der Waals surface area contributed by atoms with Gasteiger partial charge < -0.3 is 0 Å². The second-order valence-corrected chi connectivity index (χ2v) is 4.93. The highest BCUT2D eigenvalue weighted by Crippen LogP contribution is 2.21. The van der Waals surface area contributed by atoms with Crippen molar-refractivity contribution >= 4 is 23.2 Å². The van der Waals surface area contributed by atoms with Gasteiger partial charge in [0, 0.05) is 18.0 Å². The molecule has 16 heavy (non-hydrogen) atoms. The highest BCUT2D eigenvalue weighted by molar-refractivity contribution is 7.10. The first kappa shape index (κ1) is 11.3. The van der Waals surface area contributed by atoms with Crippen LogP contribution in [0.3, 0.4) is 0 Å². The summed E-state index contributed by atoms with van der Waals surface area (Å²) in [6, 6.07) is 3.74. The van der Waals surface area contributed by atoms with Crippen LogP contribution in [0.5, 0.6) is 0 Å². The number of nitrogens with one attached hydrogen (secondary N) is 1. The first-order chi connectivity index (χ1) is 7.59. The lowest BCUT2D eigenvalue weighted by Crippen LogP contribution is -2.38. The van der Waals surface area contributed by atoms with Crippen molar-refractivity contribution in [2.45, 2.75) is 25.4 Å². The lowest BCUT2D eigenvalue weighted by molar-refractivity contribution is -0.137. The van der Waals surface area contributed by atoms with Crippen LogP contribution in [0.4, 0.5) is 0 Å². The molecule has 2 atom stereocenters. The Morgan fingerprint density at radius 1 is 1.56 bits per heavy atom. The number of hydrogen-bond acceptors (Lipinski definition) is 4. The van der Waals surface area contributed by atoms with Crippen molar-refractivity contribution < 1.29 is 9.59 Å². The van der Waals surface area contributed by atoms with E-state index in [0.717, 1.165) is 0 Å². The third-order valence-electron chi connectivity index (χ3n) is 2.80. The van der Waals surface area contributed by atoms with Gasteiger partial charge in [0.2, 0.25) is 11.8 Å². The van der Waals surface area contributed by atoms with Crippen molar-refractivity contribution in [2.24, 2.45) is 0 Å². The van der Waals surface area contributed by atoms with Gasteiger partial charge in [-0.2, -0.15) is 0 Å². The summed E-state index contributed by atoms with van der Waals surface area (Å²) in [5.74, 6) is -0.241. The molecule has 1 aromatic rings. The van der Waals surface area contributed by atoms with Crippen LogP contribution in [0.2, 0.25) is 0 Å². The standard InChI is InChI=1S/C11H14N2O2S/c1-7(9-4-3-5-16-9)12-8-6-10(14)13(2)11(8)15/h3-5,7-8,12H,6H2,1-2H3/t7-,8?/m0/s1. The van der Waals surface area contributed by atoms with Gasteiger partial charge in [0.05, 0.1) is 12.5 Å². The number of carbonyl (C=O) groups is 2. The van der Waals surface area contributed by atoms with Gasteiger partial charge in [-0.15, -0.1) is 11.3 Å². The Balaban J connectivity index is 2.01. The average Bonchev–Trinajstić information content (AvgIpc) is 2.85. The number of carbonyl (C=O) groups excluding carboxylic acids is 2. The van der Waals surface area contributed by atoms with E-state index in [2.05, 4.69) is 5.32 Å². The minimum Gasteiger partial charge on any atom is -0.298 e. The lowest BCUT2D eigenvalue weighted by atomic mass is 10.2. The zero-order valence-electron chi connectivity index (χ0n) is 9.27. The molecular weight excluding hydrogens is 224 g/mol. The van der Waals surface area contributed by atoms with Crippen molar-refractivity contribution in [1.29, 1.82) is 0 Å². The summed E-state index contributed by atoms with van der Waals surface area (Å²) in [5.41, 5.74) is 0. The Kier molecular flexibility index (Phi) is 3.07. The summed E-state index contributed by atoms with van der Waals surface area (Å²) in [4.78, 5) is 25.4. The molecule has 1 N–H and O–H groups in total. The summed E-state index contributed by atoms with van der Waals surface area (Å²) >= 11 is 1.64. The molecule has 1 fully saturated rings. The molecule has 86 valence electrons. The van der Waals surface area contributed by atoms with E-state index in [1.807, 2.05) is 24.4 Å². The molecule has 2 amide bonds. The molecule has 4 nitrogen and oxygen atoms in total. The molecule has 2 heterocycles. The van der Waals surface area contributed by atoms with E-state index in [1.54, 1.807) is 11.3 Å². The average molecular weight is 238 g/mol. The highest BCUT2D eigenvalue weighted by atomic mass is 32.1. The van der Waals surface area contributed by atoms with Gasteiger partial charge in [-0.3, -0.25) is 19.8 Å². The number of amides is 2. The molecular formula is C11H14N2O2S. The van der Waals surface area contributed by atoms with Crippen LogP contribution >= 0.6 is 11.3 Å². The van der Waals surface area contributed by atoms with Crippen molar-refractivity contribution in [3.8, 4) is 0 Å². The maximum Gasteiger partial charge on any atom is 0.246 e. The van der Waals surface area contributed by atoms with Gasteiger partial charge >= 0.3 is 0 Å². The van der Waals surface area contributed by atoms with Crippen LogP contribution in [-0.4, -0.2) is 29.8 Å². The molecule has 5 heteroatoms. The topological polar surface area (TPSA) is 49.4 Å². The second-order valence-electron chi connectivity index (χ2n) is 3.95. The van der Waals surface area contributed by atoms with E-state index in [4.69, 9.17) is 0 Å². The summed E-state index contributed by atoms with van der Waals surface area (Å²) in [6.07, 6.45) is 0.269. The van der Waals surface area contributed by atoms with Crippen molar-refractivity contribution in [2.75, 3.05) is 7.05 Å². The third kappa shape index (κ3) is 2.01. The first-order valence-electron chi connectivity index (χ1n) is 5.19. The maximum absolute atomic E-state index is 11.7. The number of likely N-dealkylation sites (N-methyl/N-ethyl adjacent to an activating group) is 1. The summed E-state index contributed by atoms with van der Waals surface area (Å²) in [7, 11) is 1.53. The lowest BCUT2D eigenvalue weighted by Gasteiger charge is -2.16. The number of hydrogen-bond donors (Lipinski definition) is 1. The number of nitrogens with zero attached hydrogens (tertiary/aromatic N) is 1.